The van der Waals surface area contributed by atoms with Crippen molar-refractivity contribution in [1.82, 2.24) is 4.90 Å². The highest BCUT2D eigenvalue weighted by atomic mass is 19.4. The number of alkyl halides is 3. The van der Waals surface area contributed by atoms with Crippen molar-refractivity contribution in [1.29, 1.82) is 0 Å². The van der Waals surface area contributed by atoms with E-state index in [9.17, 15) is 18.0 Å². The summed E-state index contributed by atoms with van der Waals surface area (Å²) in [4.78, 5) is 13.4. The molecule has 2 atom stereocenters. The molecule has 0 radical (unpaired) electrons. The van der Waals surface area contributed by atoms with E-state index >= 15 is 0 Å². The summed E-state index contributed by atoms with van der Waals surface area (Å²) in [5.41, 5.74) is 5.29. The molecule has 0 unspecified atom stereocenters. The second kappa shape index (κ2) is 6.66. The molecule has 4 nitrogen and oxygen atoms in total. The lowest BCUT2D eigenvalue weighted by Crippen LogP contribution is -2.31. The van der Waals surface area contributed by atoms with Gasteiger partial charge in [-0.05, 0) is 11.6 Å². The summed E-state index contributed by atoms with van der Waals surface area (Å²) in [6.45, 7) is 1.79. The number of carbonyl (C=O) groups excluding carboxylic acids is 1. The first kappa shape index (κ1) is 16.8. The number of ether oxygens (including phenoxy) is 1. The SMILES string of the molecule is COC[C@@H]1CN(Cc2cccc(C(F)(F)F)c2)C[C@H]1C(N)=O. The Kier molecular flexibility index (Phi) is 5.08. The molecule has 1 heterocycles. The number of nitrogens with two attached hydrogens (primary N) is 1. The Morgan fingerprint density at radius 2 is 2.14 bits per heavy atom. The van der Waals surface area contributed by atoms with Crippen LogP contribution in [0.2, 0.25) is 0 Å². The van der Waals surface area contributed by atoms with Crippen molar-refractivity contribution < 1.29 is 22.7 Å². The fraction of sp³-hybridized carbons (Fsp3) is 0.533. The van der Waals surface area contributed by atoms with Gasteiger partial charge in [-0.2, -0.15) is 13.2 Å². The number of hydrogen-bond donors (Lipinski definition) is 1. The maximum absolute atomic E-state index is 12.7. The maximum atomic E-state index is 12.7. The molecule has 1 saturated heterocycles. The summed E-state index contributed by atoms with van der Waals surface area (Å²) in [7, 11) is 1.55. The van der Waals surface area contributed by atoms with Crippen LogP contribution in [0.5, 0.6) is 0 Å². The molecule has 0 aromatic heterocycles. The van der Waals surface area contributed by atoms with Crippen molar-refractivity contribution in [3.05, 3.63) is 35.4 Å². The predicted molar refractivity (Wildman–Crippen MR) is 74.8 cm³/mol. The van der Waals surface area contributed by atoms with Gasteiger partial charge >= 0.3 is 6.18 Å². The van der Waals surface area contributed by atoms with Crippen LogP contribution in [-0.4, -0.2) is 37.6 Å². The number of benzene rings is 1. The highest BCUT2D eigenvalue weighted by Crippen LogP contribution is 2.30. The predicted octanol–water partition coefficient (Wildman–Crippen LogP) is 1.89. The van der Waals surface area contributed by atoms with Gasteiger partial charge in [0.05, 0.1) is 18.1 Å². The van der Waals surface area contributed by atoms with Crippen LogP contribution in [0.15, 0.2) is 24.3 Å². The normalized spacial score (nSPS) is 22.9. The average Bonchev–Trinajstić information content (AvgIpc) is 2.81. The number of rotatable bonds is 5. The molecule has 0 aliphatic carbocycles. The Bertz CT molecular complexity index is 534. The van der Waals surface area contributed by atoms with Crippen molar-refractivity contribution in [3.63, 3.8) is 0 Å². The van der Waals surface area contributed by atoms with Gasteiger partial charge < -0.3 is 10.5 Å². The van der Waals surface area contributed by atoms with E-state index < -0.39 is 17.6 Å². The van der Waals surface area contributed by atoms with Gasteiger partial charge in [-0.3, -0.25) is 9.69 Å². The molecule has 7 heteroatoms. The van der Waals surface area contributed by atoms with Gasteiger partial charge in [-0.15, -0.1) is 0 Å². The third-order valence-corrected chi connectivity index (χ3v) is 3.92. The molecule has 1 aliphatic heterocycles. The van der Waals surface area contributed by atoms with E-state index in [2.05, 4.69) is 0 Å². The Morgan fingerprint density at radius 3 is 2.73 bits per heavy atom. The van der Waals surface area contributed by atoms with E-state index in [4.69, 9.17) is 10.5 Å². The number of methoxy groups -OCH3 is 1. The van der Waals surface area contributed by atoms with E-state index in [1.165, 1.54) is 6.07 Å². The summed E-state index contributed by atoms with van der Waals surface area (Å²) in [6, 6.07) is 5.24. The van der Waals surface area contributed by atoms with Gasteiger partial charge in [0.25, 0.3) is 0 Å². The lowest BCUT2D eigenvalue weighted by atomic mass is 9.96. The van der Waals surface area contributed by atoms with Crippen LogP contribution in [0.25, 0.3) is 0 Å². The highest BCUT2D eigenvalue weighted by molar-refractivity contribution is 5.77. The summed E-state index contributed by atoms with van der Waals surface area (Å²) >= 11 is 0. The smallest absolute Gasteiger partial charge is 0.384 e. The molecule has 1 amide bonds. The van der Waals surface area contributed by atoms with Crippen molar-refractivity contribution in [2.45, 2.75) is 12.7 Å². The fourth-order valence-corrected chi connectivity index (χ4v) is 2.90. The molecule has 2 N–H and O–H groups in total. The molecule has 1 fully saturated rings. The zero-order chi connectivity index (χ0) is 16.3. The number of amides is 1. The van der Waals surface area contributed by atoms with E-state index in [1.807, 2.05) is 4.90 Å². The summed E-state index contributed by atoms with van der Waals surface area (Å²) in [6.07, 6.45) is -4.35. The van der Waals surface area contributed by atoms with Gasteiger partial charge in [-0.1, -0.05) is 18.2 Å². The van der Waals surface area contributed by atoms with Crippen molar-refractivity contribution >= 4 is 5.91 Å². The standard InChI is InChI=1S/C15H19F3N2O2/c1-22-9-11-7-20(8-13(11)14(19)21)6-10-3-2-4-12(5-10)15(16,17)18/h2-5,11,13H,6-9H2,1H3,(H2,19,21)/t11-,13+/m0/s1. The van der Waals surface area contributed by atoms with Gasteiger partial charge in [0.1, 0.15) is 0 Å². The topological polar surface area (TPSA) is 55.6 Å². The molecule has 22 heavy (non-hydrogen) atoms. The molecular weight excluding hydrogens is 297 g/mol. The first-order valence-electron chi connectivity index (χ1n) is 6.98. The van der Waals surface area contributed by atoms with Crippen LogP contribution < -0.4 is 5.73 Å². The minimum atomic E-state index is -4.35. The number of primary amides is 1. The summed E-state index contributed by atoms with van der Waals surface area (Å²) in [5, 5.41) is 0. The van der Waals surface area contributed by atoms with E-state index in [1.54, 1.807) is 13.2 Å². The maximum Gasteiger partial charge on any atom is 0.416 e. The third kappa shape index (κ3) is 3.98. The molecule has 0 bridgehead atoms. The number of hydrogen-bond acceptors (Lipinski definition) is 3. The molecule has 1 aromatic rings. The second-order valence-electron chi connectivity index (χ2n) is 5.62. The van der Waals surface area contributed by atoms with Crippen molar-refractivity contribution in [2.24, 2.45) is 17.6 Å². The van der Waals surface area contributed by atoms with Crippen LogP contribution in [-0.2, 0) is 22.3 Å². The molecule has 1 aromatic carbocycles. The zero-order valence-electron chi connectivity index (χ0n) is 12.3. The number of halogens is 3. The van der Waals surface area contributed by atoms with Crippen LogP contribution in [0.4, 0.5) is 13.2 Å². The second-order valence-corrected chi connectivity index (χ2v) is 5.62. The monoisotopic (exact) mass is 316 g/mol. The minimum Gasteiger partial charge on any atom is -0.384 e. The van der Waals surface area contributed by atoms with Gasteiger partial charge in [0, 0.05) is 32.7 Å². The molecular formula is C15H19F3N2O2. The van der Waals surface area contributed by atoms with Crippen LogP contribution >= 0.6 is 0 Å². The van der Waals surface area contributed by atoms with Gasteiger partial charge in [-0.25, -0.2) is 0 Å². The van der Waals surface area contributed by atoms with Gasteiger partial charge in [0.15, 0.2) is 0 Å². The first-order valence-corrected chi connectivity index (χ1v) is 6.98. The van der Waals surface area contributed by atoms with E-state index in [-0.39, 0.29) is 11.8 Å². The Balaban J connectivity index is 2.07. The quantitative estimate of drug-likeness (QED) is 0.902. The summed E-state index contributed by atoms with van der Waals surface area (Å²) < 4.78 is 43.2. The first-order chi connectivity index (χ1) is 10.3. The number of nitrogens with zero attached hydrogens (tertiary/aromatic N) is 1. The zero-order valence-corrected chi connectivity index (χ0v) is 12.3. The molecule has 0 spiro atoms. The molecule has 0 saturated carbocycles. The summed E-state index contributed by atoms with van der Waals surface area (Å²) in [5.74, 6) is -0.743. The van der Waals surface area contributed by atoms with Crippen molar-refractivity contribution in [3.8, 4) is 0 Å². The molecule has 2 rings (SSSR count). The number of likely N-dealkylation sites (tertiary alicyclic amines) is 1. The fourth-order valence-electron chi connectivity index (χ4n) is 2.90. The third-order valence-electron chi connectivity index (χ3n) is 3.92. The minimum absolute atomic E-state index is 0.0201. The van der Waals surface area contributed by atoms with Crippen LogP contribution in [0.3, 0.4) is 0 Å². The Morgan fingerprint density at radius 1 is 1.41 bits per heavy atom. The average molecular weight is 316 g/mol. The Labute approximate surface area is 127 Å². The van der Waals surface area contributed by atoms with E-state index in [0.717, 1.165) is 12.1 Å². The van der Waals surface area contributed by atoms with Crippen LogP contribution in [0.1, 0.15) is 11.1 Å². The largest absolute Gasteiger partial charge is 0.416 e. The van der Waals surface area contributed by atoms with Crippen molar-refractivity contribution in [2.75, 3.05) is 26.8 Å². The van der Waals surface area contributed by atoms with E-state index in [0.29, 0.717) is 31.8 Å². The number of carbonyl (C=O) groups is 1. The van der Waals surface area contributed by atoms with Gasteiger partial charge in [0.2, 0.25) is 5.91 Å². The lowest BCUT2D eigenvalue weighted by molar-refractivity contribution is -0.137. The highest BCUT2D eigenvalue weighted by Gasteiger charge is 2.36. The Hall–Kier alpha value is -1.60. The van der Waals surface area contributed by atoms with Crippen LogP contribution in [0, 0.1) is 11.8 Å². The molecule has 1 aliphatic rings. The molecule has 122 valence electrons. The lowest BCUT2D eigenvalue weighted by Gasteiger charge is -2.16.